The number of oxime groups is 1. The van der Waals surface area contributed by atoms with Crippen LogP contribution in [0.5, 0.6) is 5.75 Å². The van der Waals surface area contributed by atoms with E-state index in [-0.39, 0.29) is 18.1 Å². The Morgan fingerprint density at radius 2 is 2.12 bits per heavy atom. The highest BCUT2D eigenvalue weighted by Crippen LogP contribution is 2.12. The lowest BCUT2D eigenvalue weighted by Gasteiger charge is -2.03. The average Bonchev–Trinajstić information content (AvgIpc) is 2.35. The second-order valence-electron chi connectivity index (χ2n) is 3.03. The van der Waals surface area contributed by atoms with Gasteiger partial charge in [-0.2, -0.15) is 0 Å². The predicted molar refractivity (Wildman–Crippen MR) is 60.0 cm³/mol. The van der Waals surface area contributed by atoms with Gasteiger partial charge in [-0.1, -0.05) is 11.1 Å². The van der Waals surface area contributed by atoms with E-state index in [1.54, 1.807) is 24.3 Å². The summed E-state index contributed by atoms with van der Waals surface area (Å²) in [6, 6.07) is 6.44. The van der Waals surface area contributed by atoms with E-state index in [1.165, 1.54) is 6.92 Å². The van der Waals surface area contributed by atoms with Crippen LogP contribution in [0.3, 0.4) is 0 Å². The SMILES string of the molecule is C#CCOc1ccc(C(=O)/C(C)=N/O)cc1. The van der Waals surface area contributed by atoms with Crippen LogP contribution in [0, 0.1) is 12.3 Å². The Kier molecular flexibility index (Phi) is 4.10. The Hall–Kier alpha value is -2.28. The quantitative estimate of drug-likeness (QED) is 0.275. The molecule has 4 nitrogen and oxygen atoms in total. The van der Waals surface area contributed by atoms with E-state index in [4.69, 9.17) is 16.4 Å². The smallest absolute Gasteiger partial charge is 0.210 e. The number of hydrogen-bond donors (Lipinski definition) is 1. The summed E-state index contributed by atoms with van der Waals surface area (Å²) in [5.41, 5.74) is 0.473. The van der Waals surface area contributed by atoms with Crippen molar-refractivity contribution in [1.82, 2.24) is 0 Å². The Balaban J connectivity index is 2.79. The van der Waals surface area contributed by atoms with Crippen molar-refractivity contribution in [2.24, 2.45) is 5.16 Å². The second kappa shape index (κ2) is 5.56. The molecule has 1 N–H and O–H groups in total. The van der Waals surface area contributed by atoms with E-state index in [2.05, 4.69) is 11.1 Å². The van der Waals surface area contributed by atoms with Crippen LogP contribution >= 0.6 is 0 Å². The third-order valence-electron chi connectivity index (χ3n) is 1.92. The van der Waals surface area contributed by atoms with E-state index < -0.39 is 0 Å². The van der Waals surface area contributed by atoms with Gasteiger partial charge < -0.3 is 9.94 Å². The number of carbonyl (C=O) groups is 1. The molecule has 0 aliphatic heterocycles. The van der Waals surface area contributed by atoms with Crippen LogP contribution in [0.4, 0.5) is 0 Å². The summed E-state index contributed by atoms with van der Waals surface area (Å²) in [6.07, 6.45) is 5.04. The normalized spacial score (nSPS) is 10.6. The minimum atomic E-state index is -0.328. The Labute approximate surface area is 93.5 Å². The van der Waals surface area contributed by atoms with Crippen LogP contribution in [0.15, 0.2) is 29.4 Å². The van der Waals surface area contributed by atoms with Crippen molar-refractivity contribution in [2.45, 2.75) is 6.92 Å². The van der Waals surface area contributed by atoms with Crippen LogP contribution in [0.1, 0.15) is 17.3 Å². The maximum atomic E-state index is 11.5. The molecule has 1 rings (SSSR count). The van der Waals surface area contributed by atoms with Gasteiger partial charge in [0, 0.05) is 5.56 Å². The van der Waals surface area contributed by atoms with Gasteiger partial charge in [-0.15, -0.1) is 6.42 Å². The molecule has 0 fully saturated rings. The summed E-state index contributed by atoms with van der Waals surface area (Å²) >= 11 is 0. The molecule has 0 bridgehead atoms. The molecule has 0 heterocycles. The molecule has 0 amide bonds. The standard InChI is InChI=1S/C12H11NO3/c1-3-8-16-11-6-4-10(5-7-11)12(14)9(2)13-15/h1,4-7,15H,8H2,2H3/b13-9+. The summed E-state index contributed by atoms with van der Waals surface area (Å²) in [4.78, 5) is 11.5. The molecule has 16 heavy (non-hydrogen) atoms. The summed E-state index contributed by atoms with van der Waals surface area (Å²) in [5, 5.41) is 11.3. The molecule has 0 spiro atoms. The molecule has 0 unspecified atom stereocenters. The van der Waals surface area contributed by atoms with Crippen molar-refractivity contribution in [3.63, 3.8) is 0 Å². The molecule has 4 heteroatoms. The molecular weight excluding hydrogens is 206 g/mol. The average molecular weight is 217 g/mol. The monoisotopic (exact) mass is 217 g/mol. The first-order chi connectivity index (χ1) is 7.69. The molecule has 0 aliphatic rings. The van der Waals surface area contributed by atoms with Gasteiger partial charge in [0.25, 0.3) is 0 Å². The van der Waals surface area contributed by atoms with Gasteiger partial charge in [0.05, 0.1) is 0 Å². The maximum absolute atomic E-state index is 11.5. The highest BCUT2D eigenvalue weighted by molar-refractivity contribution is 6.45. The number of nitrogens with zero attached hydrogens (tertiary/aromatic N) is 1. The Morgan fingerprint density at radius 1 is 1.50 bits per heavy atom. The zero-order valence-corrected chi connectivity index (χ0v) is 8.80. The fourth-order valence-corrected chi connectivity index (χ4v) is 1.08. The van der Waals surface area contributed by atoms with Gasteiger partial charge in [0.15, 0.2) is 0 Å². The first-order valence-corrected chi connectivity index (χ1v) is 4.58. The van der Waals surface area contributed by atoms with Crippen molar-refractivity contribution in [1.29, 1.82) is 0 Å². The van der Waals surface area contributed by atoms with E-state index in [9.17, 15) is 4.79 Å². The Morgan fingerprint density at radius 3 is 2.62 bits per heavy atom. The van der Waals surface area contributed by atoms with Crippen molar-refractivity contribution in [3.05, 3.63) is 29.8 Å². The van der Waals surface area contributed by atoms with Crippen molar-refractivity contribution < 1.29 is 14.7 Å². The van der Waals surface area contributed by atoms with Gasteiger partial charge in [0.2, 0.25) is 5.78 Å². The number of ether oxygens (including phenoxy) is 1. The minimum absolute atomic E-state index is 0.0392. The molecule has 0 atom stereocenters. The van der Waals surface area contributed by atoms with E-state index in [0.717, 1.165) is 0 Å². The highest BCUT2D eigenvalue weighted by Gasteiger charge is 2.09. The second-order valence-corrected chi connectivity index (χ2v) is 3.03. The van der Waals surface area contributed by atoms with Gasteiger partial charge in [-0.05, 0) is 31.2 Å². The number of carbonyl (C=O) groups excluding carboxylic acids is 1. The number of rotatable bonds is 4. The molecule has 1 aromatic rings. The molecule has 0 saturated heterocycles. The lowest BCUT2D eigenvalue weighted by molar-refractivity contribution is 0.106. The molecule has 0 aromatic heterocycles. The zero-order chi connectivity index (χ0) is 12.0. The van der Waals surface area contributed by atoms with E-state index >= 15 is 0 Å². The fraction of sp³-hybridized carbons (Fsp3) is 0.167. The number of benzene rings is 1. The molecule has 1 aromatic carbocycles. The highest BCUT2D eigenvalue weighted by atomic mass is 16.5. The lowest BCUT2D eigenvalue weighted by atomic mass is 10.1. The number of ketones is 1. The van der Waals surface area contributed by atoms with Gasteiger partial charge >= 0.3 is 0 Å². The largest absolute Gasteiger partial charge is 0.481 e. The number of hydrogen-bond acceptors (Lipinski definition) is 4. The summed E-state index contributed by atoms with van der Waals surface area (Å²) in [6.45, 7) is 1.62. The minimum Gasteiger partial charge on any atom is -0.481 e. The van der Waals surface area contributed by atoms with Crippen molar-refractivity contribution in [2.75, 3.05) is 6.61 Å². The van der Waals surface area contributed by atoms with Crippen LogP contribution in [0.25, 0.3) is 0 Å². The predicted octanol–water partition coefficient (Wildman–Crippen LogP) is 1.73. The van der Waals surface area contributed by atoms with Gasteiger partial charge in [-0.3, -0.25) is 4.79 Å². The van der Waals surface area contributed by atoms with Gasteiger partial charge in [-0.25, -0.2) is 0 Å². The third kappa shape index (κ3) is 2.85. The summed E-state index contributed by atoms with van der Waals surface area (Å²) < 4.78 is 5.15. The molecular formula is C12H11NO3. The summed E-state index contributed by atoms with van der Waals surface area (Å²) in [5.74, 6) is 2.60. The molecule has 0 aliphatic carbocycles. The van der Waals surface area contributed by atoms with E-state index in [1.807, 2.05) is 0 Å². The first-order valence-electron chi connectivity index (χ1n) is 4.58. The third-order valence-corrected chi connectivity index (χ3v) is 1.92. The van der Waals surface area contributed by atoms with Crippen LogP contribution < -0.4 is 4.74 Å². The van der Waals surface area contributed by atoms with Crippen molar-refractivity contribution >= 4 is 11.5 Å². The van der Waals surface area contributed by atoms with Crippen LogP contribution in [0.2, 0.25) is 0 Å². The molecule has 0 saturated carbocycles. The maximum Gasteiger partial charge on any atom is 0.210 e. The van der Waals surface area contributed by atoms with Crippen LogP contribution in [-0.4, -0.2) is 23.3 Å². The Bertz CT molecular complexity index is 440. The zero-order valence-electron chi connectivity index (χ0n) is 8.80. The van der Waals surface area contributed by atoms with E-state index in [0.29, 0.717) is 11.3 Å². The topological polar surface area (TPSA) is 58.9 Å². The molecule has 82 valence electrons. The van der Waals surface area contributed by atoms with Crippen molar-refractivity contribution in [3.8, 4) is 18.1 Å². The number of terminal acetylenes is 1. The number of Topliss-reactive ketones (excluding diaryl/α,β-unsaturated/α-hetero) is 1. The fourth-order valence-electron chi connectivity index (χ4n) is 1.08. The summed E-state index contributed by atoms with van der Waals surface area (Å²) in [7, 11) is 0. The lowest BCUT2D eigenvalue weighted by Crippen LogP contribution is -2.10. The van der Waals surface area contributed by atoms with Crippen LogP contribution in [-0.2, 0) is 0 Å². The van der Waals surface area contributed by atoms with Gasteiger partial charge in [0.1, 0.15) is 18.1 Å². The first kappa shape index (κ1) is 11.8. The molecule has 0 radical (unpaired) electrons.